The predicted molar refractivity (Wildman–Crippen MR) is 78.0 cm³/mol. The van der Waals surface area contributed by atoms with Crippen LogP contribution < -0.4 is 0 Å². The van der Waals surface area contributed by atoms with Gasteiger partial charge in [-0.2, -0.15) is 4.98 Å². The number of rotatable bonds is 4. The van der Waals surface area contributed by atoms with E-state index in [0.29, 0.717) is 25.3 Å². The lowest BCUT2D eigenvalue weighted by atomic mass is 9.97. The summed E-state index contributed by atoms with van der Waals surface area (Å²) in [6.07, 6.45) is 3.22. The molecule has 3 rings (SSSR count). The highest BCUT2D eigenvalue weighted by Gasteiger charge is 2.27. The molecule has 0 bridgehead atoms. The third kappa shape index (κ3) is 3.47. The largest absolute Gasteiger partial charge is 0.342 e. The monoisotopic (exact) mass is 306 g/mol. The molecule has 1 aliphatic rings. The zero-order chi connectivity index (χ0) is 14.7. The molecule has 0 aliphatic carbocycles. The quantitative estimate of drug-likeness (QED) is 0.865. The Morgan fingerprint density at radius 2 is 2.48 bits per heavy atom. The molecule has 0 aromatic carbocycles. The van der Waals surface area contributed by atoms with Gasteiger partial charge in [0, 0.05) is 37.7 Å². The van der Waals surface area contributed by atoms with Crippen LogP contribution in [0.25, 0.3) is 0 Å². The fourth-order valence-electron chi connectivity index (χ4n) is 2.65. The average molecular weight is 306 g/mol. The first-order valence-corrected chi connectivity index (χ1v) is 8.11. The number of aromatic nitrogens is 3. The van der Waals surface area contributed by atoms with Crippen LogP contribution in [0, 0.1) is 6.92 Å². The summed E-state index contributed by atoms with van der Waals surface area (Å²) >= 11 is 1.56. The molecule has 0 spiro atoms. The Morgan fingerprint density at radius 3 is 3.19 bits per heavy atom. The summed E-state index contributed by atoms with van der Waals surface area (Å²) < 4.78 is 5.04. The molecular formula is C14H18N4O2S. The van der Waals surface area contributed by atoms with Crippen LogP contribution in [0.4, 0.5) is 0 Å². The maximum Gasteiger partial charge on any atom is 0.223 e. The van der Waals surface area contributed by atoms with Crippen LogP contribution in [0.1, 0.15) is 42.6 Å². The van der Waals surface area contributed by atoms with Gasteiger partial charge in [0.2, 0.25) is 11.8 Å². The molecule has 21 heavy (non-hydrogen) atoms. The van der Waals surface area contributed by atoms with E-state index in [9.17, 15) is 4.79 Å². The Labute approximate surface area is 127 Å². The number of thiazole rings is 1. The molecule has 1 unspecified atom stereocenters. The van der Waals surface area contributed by atoms with E-state index in [4.69, 9.17) is 4.52 Å². The van der Waals surface area contributed by atoms with Crippen LogP contribution in [0.5, 0.6) is 0 Å². The summed E-state index contributed by atoms with van der Waals surface area (Å²) in [6, 6.07) is 0. The second-order valence-corrected chi connectivity index (χ2v) is 6.05. The van der Waals surface area contributed by atoms with Crippen LogP contribution in [0.15, 0.2) is 15.4 Å². The van der Waals surface area contributed by atoms with Gasteiger partial charge in [0.25, 0.3) is 0 Å². The van der Waals surface area contributed by atoms with Crippen molar-refractivity contribution in [3.63, 3.8) is 0 Å². The van der Waals surface area contributed by atoms with Crippen molar-refractivity contribution in [2.45, 2.75) is 38.5 Å². The van der Waals surface area contributed by atoms with Crippen LogP contribution in [-0.4, -0.2) is 39.0 Å². The minimum absolute atomic E-state index is 0.188. The molecule has 1 atom stereocenters. The van der Waals surface area contributed by atoms with Crippen molar-refractivity contribution in [2.75, 3.05) is 13.1 Å². The van der Waals surface area contributed by atoms with E-state index in [1.54, 1.807) is 23.8 Å². The number of nitrogens with zero attached hydrogens (tertiary/aromatic N) is 4. The SMILES string of the molecule is Cc1nc(C2CCCN(C(=O)CCc3cscn3)C2)no1. The van der Waals surface area contributed by atoms with Gasteiger partial charge in [-0.1, -0.05) is 5.16 Å². The molecule has 1 amide bonds. The van der Waals surface area contributed by atoms with Crippen molar-refractivity contribution in [3.8, 4) is 0 Å². The third-order valence-corrected chi connectivity index (χ3v) is 4.40. The molecule has 1 fully saturated rings. The van der Waals surface area contributed by atoms with Gasteiger partial charge in [0.1, 0.15) is 0 Å². The second kappa shape index (κ2) is 6.34. The molecule has 2 aromatic heterocycles. The summed E-state index contributed by atoms with van der Waals surface area (Å²) in [7, 11) is 0. The fraction of sp³-hybridized carbons (Fsp3) is 0.571. The molecule has 1 aliphatic heterocycles. The topological polar surface area (TPSA) is 72.1 Å². The highest BCUT2D eigenvalue weighted by atomic mass is 32.1. The molecule has 2 aromatic rings. The van der Waals surface area contributed by atoms with Crippen LogP contribution in [0.2, 0.25) is 0 Å². The van der Waals surface area contributed by atoms with Crippen LogP contribution in [-0.2, 0) is 11.2 Å². The van der Waals surface area contributed by atoms with Crippen LogP contribution in [0.3, 0.4) is 0 Å². The third-order valence-electron chi connectivity index (χ3n) is 3.76. The Bertz CT molecular complexity index is 596. The van der Waals surface area contributed by atoms with Gasteiger partial charge in [-0.15, -0.1) is 11.3 Å². The van der Waals surface area contributed by atoms with Crippen molar-refractivity contribution >= 4 is 17.2 Å². The Hall–Kier alpha value is -1.76. The van der Waals surface area contributed by atoms with Crippen molar-refractivity contribution in [1.29, 1.82) is 0 Å². The van der Waals surface area contributed by atoms with Crippen molar-refractivity contribution in [3.05, 3.63) is 28.3 Å². The minimum atomic E-state index is 0.188. The first kappa shape index (κ1) is 14.2. The van der Waals surface area contributed by atoms with Gasteiger partial charge >= 0.3 is 0 Å². The number of amides is 1. The Kier molecular flexibility index (Phi) is 4.28. The van der Waals surface area contributed by atoms with E-state index >= 15 is 0 Å². The van der Waals surface area contributed by atoms with Gasteiger partial charge in [-0.05, 0) is 19.3 Å². The number of carbonyl (C=O) groups is 1. The lowest BCUT2D eigenvalue weighted by Gasteiger charge is -2.31. The number of hydrogen-bond acceptors (Lipinski definition) is 6. The van der Waals surface area contributed by atoms with Gasteiger partial charge in [-0.3, -0.25) is 4.79 Å². The molecular weight excluding hydrogens is 288 g/mol. The lowest BCUT2D eigenvalue weighted by molar-refractivity contribution is -0.132. The molecule has 6 nitrogen and oxygen atoms in total. The molecule has 0 radical (unpaired) electrons. The molecule has 1 saturated heterocycles. The van der Waals surface area contributed by atoms with Gasteiger partial charge in [0.05, 0.1) is 11.2 Å². The zero-order valence-corrected chi connectivity index (χ0v) is 12.8. The zero-order valence-electron chi connectivity index (χ0n) is 12.0. The van der Waals surface area contributed by atoms with Gasteiger partial charge in [0.15, 0.2) is 5.82 Å². The van der Waals surface area contributed by atoms with Gasteiger partial charge < -0.3 is 9.42 Å². The normalized spacial score (nSPS) is 18.9. The van der Waals surface area contributed by atoms with E-state index in [2.05, 4.69) is 15.1 Å². The standard InChI is InChI=1S/C14H18N4O2S/c1-10-16-14(17-20-10)11-3-2-6-18(7-11)13(19)5-4-12-8-21-9-15-12/h8-9,11H,2-7H2,1H3. The first-order chi connectivity index (χ1) is 10.2. The van der Waals surface area contributed by atoms with Crippen molar-refractivity contribution in [1.82, 2.24) is 20.0 Å². The number of carbonyl (C=O) groups excluding carboxylic acids is 1. The van der Waals surface area contributed by atoms with E-state index in [-0.39, 0.29) is 11.8 Å². The molecule has 0 N–H and O–H groups in total. The highest BCUT2D eigenvalue weighted by molar-refractivity contribution is 7.07. The highest BCUT2D eigenvalue weighted by Crippen LogP contribution is 2.25. The molecule has 112 valence electrons. The molecule has 3 heterocycles. The summed E-state index contributed by atoms with van der Waals surface area (Å²) in [5.74, 6) is 1.69. The minimum Gasteiger partial charge on any atom is -0.342 e. The summed E-state index contributed by atoms with van der Waals surface area (Å²) in [4.78, 5) is 22.7. The first-order valence-electron chi connectivity index (χ1n) is 7.17. The van der Waals surface area contributed by atoms with E-state index in [1.165, 1.54) is 0 Å². The van der Waals surface area contributed by atoms with Crippen molar-refractivity contribution < 1.29 is 9.32 Å². The average Bonchev–Trinajstić information content (AvgIpc) is 3.16. The summed E-state index contributed by atoms with van der Waals surface area (Å²) in [6.45, 7) is 3.30. The van der Waals surface area contributed by atoms with E-state index in [1.807, 2.05) is 10.3 Å². The summed E-state index contributed by atoms with van der Waals surface area (Å²) in [5.41, 5.74) is 2.80. The Balaban J connectivity index is 1.56. The fourth-order valence-corrected chi connectivity index (χ4v) is 3.24. The number of likely N-dealkylation sites (tertiary alicyclic amines) is 1. The summed E-state index contributed by atoms with van der Waals surface area (Å²) in [5, 5.41) is 5.98. The van der Waals surface area contributed by atoms with E-state index < -0.39 is 0 Å². The number of hydrogen-bond donors (Lipinski definition) is 0. The van der Waals surface area contributed by atoms with Crippen LogP contribution >= 0.6 is 11.3 Å². The maximum atomic E-state index is 12.3. The number of piperidine rings is 1. The van der Waals surface area contributed by atoms with Gasteiger partial charge in [-0.25, -0.2) is 4.98 Å². The molecule has 0 saturated carbocycles. The number of aryl methyl sites for hydroxylation is 2. The predicted octanol–water partition coefficient (Wildman–Crippen LogP) is 2.17. The van der Waals surface area contributed by atoms with E-state index in [0.717, 1.165) is 30.9 Å². The Morgan fingerprint density at radius 1 is 1.57 bits per heavy atom. The smallest absolute Gasteiger partial charge is 0.223 e. The van der Waals surface area contributed by atoms with Crippen molar-refractivity contribution in [2.24, 2.45) is 0 Å². The second-order valence-electron chi connectivity index (χ2n) is 5.33. The maximum absolute atomic E-state index is 12.3. The molecule has 7 heteroatoms. The lowest BCUT2D eigenvalue weighted by Crippen LogP contribution is -2.39.